The molecule has 1 aliphatic heterocycles. The number of halogens is 1. The Morgan fingerprint density at radius 2 is 2.08 bits per heavy atom. The number of anilines is 1. The molecule has 2 N–H and O–H groups in total. The normalized spacial score (nSPS) is 17.9. The standard InChI is InChI=1S/C29H31FN8O/c1-19(20-5-3-2-4-6-20)36-28(39)23-8-7-22(13-25(23)30)37-16-29(17-37,10-11-31)38-15-21(14-35-38)26-24-9-12-32-27(24)34-18-33-26/h7-9,12-15,18-20H,2-6,10,16-17H2,1H3,(H,36,39)(H,32,33,34). The van der Waals surface area contributed by atoms with Gasteiger partial charge in [-0.25, -0.2) is 14.4 Å². The van der Waals surface area contributed by atoms with Gasteiger partial charge < -0.3 is 15.2 Å². The lowest BCUT2D eigenvalue weighted by Crippen LogP contribution is -2.63. The summed E-state index contributed by atoms with van der Waals surface area (Å²) in [5, 5.41) is 18.1. The van der Waals surface area contributed by atoms with Crippen LogP contribution in [0.5, 0.6) is 0 Å². The number of amides is 1. The molecule has 0 radical (unpaired) electrons. The monoisotopic (exact) mass is 526 g/mol. The maximum absolute atomic E-state index is 15.1. The van der Waals surface area contributed by atoms with E-state index < -0.39 is 11.4 Å². The van der Waals surface area contributed by atoms with Crippen LogP contribution < -0.4 is 10.2 Å². The molecule has 2 aliphatic rings. The van der Waals surface area contributed by atoms with E-state index in [9.17, 15) is 10.1 Å². The van der Waals surface area contributed by atoms with E-state index in [1.54, 1.807) is 18.3 Å². The summed E-state index contributed by atoms with van der Waals surface area (Å²) in [6, 6.07) is 8.98. The number of aromatic amines is 1. The van der Waals surface area contributed by atoms with Gasteiger partial charge in [-0.1, -0.05) is 19.3 Å². The zero-order chi connectivity index (χ0) is 27.0. The number of nitrogens with one attached hydrogen (secondary N) is 2. The van der Waals surface area contributed by atoms with Gasteiger partial charge in [0.15, 0.2) is 0 Å². The van der Waals surface area contributed by atoms with Crippen molar-refractivity contribution < 1.29 is 9.18 Å². The zero-order valence-corrected chi connectivity index (χ0v) is 21.9. The van der Waals surface area contributed by atoms with Crippen molar-refractivity contribution in [3.63, 3.8) is 0 Å². The maximum atomic E-state index is 15.1. The Labute approximate surface area is 226 Å². The number of hydrogen-bond donors (Lipinski definition) is 2. The smallest absolute Gasteiger partial charge is 0.254 e. The number of aromatic nitrogens is 5. The van der Waals surface area contributed by atoms with Crippen LogP contribution >= 0.6 is 0 Å². The van der Waals surface area contributed by atoms with Crippen LogP contribution in [0.25, 0.3) is 22.3 Å². The lowest BCUT2D eigenvalue weighted by Gasteiger charge is -2.50. The van der Waals surface area contributed by atoms with Crippen molar-refractivity contribution in [3.8, 4) is 17.3 Å². The third kappa shape index (κ3) is 4.62. The maximum Gasteiger partial charge on any atom is 0.254 e. The number of benzene rings is 1. The molecular formula is C29H31FN8O. The van der Waals surface area contributed by atoms with Crippen molar-refractivity contribution in [1.82, 2.24) is 30.0 Å². The Morgan fingerprint density at radius 3 is 2.85 bits per heavy atom. The highest BCUT2D eigenvalue weighted by Crippen LogP contribution is 2.37. The highest BCUT2D eigenvalue weighted by Gasteiger charge is 2.46. The molecule has 4 heterocycles. The van der Waals surface area contributed by atoms with E-state index in [1.807, 2.05) is 35.0 Å². The van der Waals surface area contributed by atoms with Gasteiger partial charge in [0, 0.05) is 48.2 Å². The van der Waals surface area contributed by atoms with Gasteiger partial charge in [0.25, 0.3) is 5.91 Å². The predicted molar refractivity (Wildman–Crippen MR) is 145 cm³/mol. The summed E-state index contributed by atoms with van der Waals surface area (Å²) in [5.74, 6) is -0.463. The Bertz CT molecular complexity index is 1540. The van der Waals surface area contributed by atoms with Crippen LogP contribution in [0, 0.1) is 23.1 Å². The molecule has 0 spiro atoms. The molecule has 0 bridgehead atoms. The van der Waals surface area contributed by atoms with Crippen LogP contribution in [0.2, 0.25) is 0 Å². The van der Waals surface area contributed by atoms with Crippen molar-refractivity contribution in [1.29, 1.82) is 5.26 Å². The van der Waals surface area contributed by atoms with Crippen LogP contribution in [0.15, 0.2) is 49.2 Å². The molecule has 10 heteroatoms. The molecule has 4 aromatic rings. The van der Waals surface area contributed by atoms with Gasteiger partial charge in [0.2, 0.25) is 0 Å². The fourth-order valence-electron chi connectivity index (χ4n) is 6.06. The quantitative estimate of drug-likeness (QED) is 0.358. The van der Waals surface area contributed by atoms with Gasteiger partial charge in [0.05, 0.1) is 29.9 Å². The molecule has 1 amide bonds. The summed E-state index contributed by atoms with van der Waals surface area (Å²) in [4.78, 5) is 26.6. The molecule has 1 saturated carbocycles. The summed E-state index contributed by atoms with van der Waals surface area (Å²) in [6.45, 7) is 3.00. The first-order valence-corrected chi connectivity index (χ1v) is 13.5. The summed E-state index contributed by atoms with van der Waals surface area (Å²) in [5.41, 5.74) is 2.54. The van der Waals surface area contributed by atoms with Crippen molar-refractivity contribution in [2.75, 3.05) is 18.0 Å². The molecule has 200 valence electrons. The average molecular weight is 527 g/mol. The SMILES string of the molecule is CC(NC(=O)c1ccc(N2CC(CC#N)(n3cc(-c4ncnc5[nH]ccc45)cn3)C2)cc1F)C1CCCCC1. The summed E-state index contributed by atoms with van der Waals surface area (Å²) < 4.78 is 16.9. The zero-order valence-electron chi connectivity index (χ0n) is 21.9. The van der Waals surface area contributed by atoms with Crippen LogP contribution in [0.3, 0.4) is 0 Å². The van der Waals surface area contributed by atoms with E-state index in [-0.39, 0.29) is 23.9 Å². The molecule has 9 nitrogen and oxygen atoms in total. The number of fused-ring (bicyclic) bond motifs is 1. The first-order chi connectivity index (χ1) is 19.0. The minimum absolute atomic E-state index is 0.0218. The third-order valence-electron chi connectivity index (χ3n) is 8.35. The molecule has 1 atom stereocenters. The second-order valence-corrected chi connectivity index (χ2v) is 10.9. The molecule has 1 unspecified atom stereocenters. The first-order valence-electron chi connectivity index (χ1n) is 13.5. The fourth-order valence-corrected chi connectivity index (χ4v) is 6.06. The lowest BCUT2D eigenvalue weighted by molar-refractivity contribution is 0.0915. The Kier molecular flexibility index (Phi) is 6.51. The van der Waals surface area contributed by atoms with Crippen molar-refractivity contribution in [3.05, 3.63) is 60.6 Å². The van der Waals surface area contributed by atoms with Gasteiger partial charge in [0.1, 0.15) is 23.3 Å². The van der Waals surface area contributed by atoms with Gasteiger partial charge >= 0.3 is 0 Å². The van der Waals surface area contributed by atoms with Crippen LogP contribution in [0.1, 0.15) is 55.8 Å². The summed E-state index contributed by atoms with van der Waals surface area (Å²) in [6.07, 6.45) is 13.1. The summed E-state index contributed by atoms with van der Waals surface area (Å²) in [7, 11) is 0. The second-order valence-electron chi connectivity index (χ2n) is 10.9. The minimum atomic E-state index is -0.542. The number of carbonyl (C=O) groups excluding carboxylic acids is 1. The lowest BCUT2D eigenvalue weighted by atomic mass is 9.84. The van der Waals surface area contributed by atoms with E-state index in [1.165, 1.54) is 31.7 Å². The topological polar surface area (TPSA) is 116 Å². The van der Waals surface area contributed by atoms with Gasteiger partial charge in [-0.15, -0.1) is 0 Å². The Balaban J connectivity index is 1.16. The molecule has 1 aromatic carbocycles. The number of nitrogens with zero attached hydrogens (tertiary/aromatic N) is 6. The van der Waals surface area contributed by atoms with Crippen LogP contribution in [-0.2, 0) is 5.54 Å². The Hall–Kier alpha value is -4.26. The molecule has 1 saturated heterocycles. The fraction of sp³-hybridized carbons (Fsp3) is 0.414. The molecular weight excluding hydrogens is 495 g/mol. The van der Waals surface area contributed by atoms with Crippen molar-refractivity contribution in [2.24, 2.45) is 5.92 Å². The number of nitriles is 1. The summed E-state index contributed by atoms with van der Waals surface area (Å²) >= 11 is 0. The van der Waals surface area contributed by atoms with Crippen LogP contribution in [-0.4, -0.2) is 49.8 Å². The van der Waals surface area contributed by atoms with E-state index >= 15 is 4.39 Å². The molecule has 1 aliphatic carbocycles. The van der Waals surface area contributed by atoms with Gasteiger partial charge in [-0.05, 0) is 49.9 Å². The molecule has 39 heavy (non-hydrogen) atoms. The number of hydrogen-bond acceptors (Lipinski definition) is 6. The van der Waals surface area contributed by atoms with Gasteiger partial charge in [-0.3, -0.25) is 9.48 Å². The van der Waals surface area contributed by atoms with Gasteiger partial charge in [-0.2, -0.15) is 10.4 Å². The highest BCUT2D eigenvalue weighted by atomic mass is 19.1. The first kappa shape index (κ1) is 25.0. The average Bonchev–Trinajstić information content (AvgIpc) is 3.61. The van der Waals surface area contributed by atoms with Crippen molar-refractivity contribution in [2.45, 2.75) is 57.0 Å². The molecule has 3 aromatic heterocycles. The van der Waals surface area contributed by atoms with E-state index in [4.69, 9.17) is 0 Å². The number of carbonyl (C=O) groups is 1. The molecule has 2 fully saturated rings. The van der Waals surface area contributed by atoms with Crippen LogP contribution in [0.4, 0.5) is 10.1 Å². The van der Waals surface area contributed by atoms with E-state index in [2.05, 4.69) is 31.4 Å². The Morgan fingerprint density at radius 1 is 1.26 bits per heavy atom. The predicted octanol–water partition coefficient (Wildman–Crippen LogP) is 4.79. The van der Waals surface area contributed by atoms with E-state index in [0.29, 0.717) is 24.7 Å². The van der Waals surface area contributed by atoms with Crippen molar-refractivity contribution >= 4 is 22.6 Å². The van der Waals surface area contributed by atoms with E-state index in [0.717, 1.165) is 35.1 Å². The molecule has 6 rings (SSSR count). The number of rotatable bonds is 7. The third-order valence-corrected chi connectivity index (χ3v) is 8.35. The minimum Gasteiger partial charge on any atom is -0.366 e. The highest BCUT2D eigenvalue weighted by molar-refractivity contribution is 5.95. The number of H-pyrrole nitrogens is 1. The second kappa shape index (κ2) is 10.1. The largest absolute Gasteiger partial charge is 0.366 e.